The van der Waals surface area contributed by atoms with Gasteiger partial charge >= 0.3 is 5.69 Å². The van der Waals surface area contributed by atoms with E-state index in [0.29, 0.717) is 4.57 Å². The van der Waals surface area contributed by atoms with Crippen LogP contribution in [-0.2, 0) is 6.54 Å². The Bertz CT molecular complexity index is 480. The third kappa shape index (κ3) is 1.44. The van der Waals surface area contributed by atoms with Gasteiger partial charge in [-0.25, -0.2) is 9.36 Å². The molecule has 0 saturated carbocycles. The second-order valence-electron chi connectivity index (χ2n) is 2.19. The van der Waals surface area contributed by atoms with Crippen LogP contribution >= 0.6 is 0 Å². The van der Waals surface area contributed by atoms with E-state index >= 15 is 0 Å². The summed E-state index contributed by atoms with van der Waals surface area (Å²) in [7, 11) is 0. The van der Waals surface area contributed by atoms with E-state index in [0.717, 1.165) is 0 Å². The van der Waals surface area contributed by atoms with Crippen molar-refractivity contribution < 1.29 is 9.50 Å². The van der Waals surface area contributed by atoms with Gasteiger partial charge in [-0.1, -0.05) is 5.92 Å². The Kier molecular flexibility index (Phi) is 2.19. The van der Waals surface area contributed by atoms with Crippen LogP contribution in [0.4, 0.5) is 4.39 Å². The fraction of sp³-hybridized carbons (Fsp3) is 0.143. The van der Waals surface area contributed by atoms with Crippen molar-refractivity contribution in [2.24, 2.45) is 0 Å². The number of halogens is 1. The van der Waals surface area contributed by atoms with Gasteiger partial charge in [-0.15, -0.1) is 6.42 Å². The molecule has 1 aromatic heterocycles. The molecule has 0 fully saturated rings. The molecular formula is C7H5FN2O3. The summed E-state index contributed by atoms with van der Waals surface area (Å²) in [4.78, 5) is 23.1. The largest absolute Gasteiger partial charge is 0.492 e. The smallest absolute Gasteiger partial charge is 0.332 e. The predicted molar refractivity (Wildman–Crippen MR) is 41.8 cm³/mol. The molecule has 1 heterocycles. The van der Waals surface area contributed by atoms with Gasteiger partial charge in [0.15, 0.2) is 0 Å². The maximum Gasteiger partial charge on any atom is 0.332 e. The number of hydrogen-bond acceptors (Lipinski definition) is 3. The van der Waals surface area contributed by atoms with Crippen molar-refractivity contribution in [2.75, 3.05) is 0 Å². The van der Waals surface area contributed by atoms with Crippen molar-refractivity contribution in [3.63, 3.8) is 0 Å². The summed E-state index contributed by atoms with van der Waals surface area (Å²) in [6.07, 6.45) is 4.85. The predicted octanol–water partition coefficient (Wildman–Crippen LogP) is -0.986. The van der Waals surface area contributed by atoms with Crippen LogP contribution in [0.2, 0.25) is 0 Å². The summed E-state index contributed by atoms with van der Waals surface area (Å²) in [6.45, 7) is -0.307. The van der Waals surface area contributed by atoms with Gasteiger partial charge in [0.2, 0.25) is 11.7 Å². The minimum absolute atomic E-state index is 0.307. The van der Waals surface area contributed by atoms with Gasteiger partial charge in [0.25, 0.3) is 5.56 Å². The molecule has 0 bridgehead atoms. The quantitative estimate of drug-likeness (QED) is 0.550. The second-order valence-corrected chi connectivity index (χ2v) is 2.19. The summed E-state index contributed by atoms with van der Waals surface area (Å²) in [5.41, 5.74) is -2.21. The molecule has 0 spiro atoms. The average Bonchev–Trinajstić information content (AvgIpc) is 2.09. The lowest BCUT2D eigenvalue weighted by Gasteiger charge is -2.02. The van der Waals surface area contributed by atoms with Gasteiger partial charge in [0.1, 0.15) is 0 Å². The molecule has 0 aliphatic heterocycles. The molecule has 1 rings (SSSR count). The molecule has 0 aliphatic carbocycles. The van der Waals surface area contributed by atoms with Gasteiger partial charge < -0.3 is 5.11 Å². The summed E-state index contributed by atoms with van der Waals surface area (Å²) in [6, 6.07) is 0. The van der Waals surface area contributed by atoms with Gasteiger partial charge in [-0.3, -0.25) is 9.78 Å². The fourth-order valence-corrected chi connectivity index (χ4v) is 0.774. The first-order valence-electron chi connectivity index (χ1n) is 3.23. The summed E-state index contributed by atoms with van der Waals surface area (Å²) in [5.74, 6) is -0.444. The van der Waals surface area contributed by atoms with E-state index < -0.39 is 22.9 Å². The highest BCUT2D eigenvalue weighted by molar-refractivity contribution is 5.11. The topological polar surface area (TPSA) is 75.1 Å². The molecule has 0 aromatic carbocycles. The fourth-order valence-electron chi connectivity index (χ4n) is 0.774. The first-order valence-corrected chi connectivity index (χ1v) is 3.23. The highest BCUT2D eigenvalue weighted by Gasteiger charge is 2.11. The summed E-state index contributed by atoms with van der Waals surface area (Å²) in [5, 5.41) is 8.96. The lowest BCUT2D eigenvalue weighted by atomic mass is 10.5. The third-order valence-corrected chi connectivity index (χ3v) is 1.37. The maximum atomic E-state index is 12.7. The highest BCUT2D eigenvalue weighted by atomic mass is 19.1. The van der Waals surface area contributed by atoms with Crippen molar-refractivity contribution in [2.45, 2.75) is 6.54 Å². The average molecular weight is 184 g/mol. The molecule has 0 radical (unpaired) electrons. The lowest BCUT2D eigenvalue weighted by molar-refractivity contribution is 0.370. The van der Waals surface area contributed by atoms with E-state index in [2.05, 4.69) is 0 Å². The molecule has 6 heteroatoms. The maximum absolute atomic E-state index is 12.7. The van der Waals surface area contributed by atoms with Crippen LogP contribution < -0.4 is 11.2 Å². The molecule has 0 aliphatic rings. The number of aromatic amines is 1. The van der Waals surface area contributed by atoms with Gasteiger partial charge in [0.05, 0.1) is 6.54 Å². The zero-order valence-electron chi connectivity index (χ0n) is 6.37. The molecular weight excluding hydrogens is 179 g/mol. The number of rotatable bonds is 1. The highest BCUT2D eigenvalue weighted by Crippen LogP contribution is 2.05. The third-order valence-electron chi connectivity index (χ3n) is 1.37. The van der Waals surface area contributed by atoms with Crippen LogP contribution in [0.15, 0.2) is 9.59 Å². The monoisotopic (exact) mass is 184 g/mol. The van der Waals surface area contributed by atoms with E-state index in [-0.39, 0.29) is 6.54 Å². The Labute approximate surface area is 71.5 Å². The molecule has 5 nitrogen and oxygen atoms in total. The number of aromatic nitrogens is 2. The molecule has 2 N–H and O–H groups in total. The minimum atomic E-state index is -1.42. The van der Waals surface area contributed by atoms with Crippen LogP contribution in [-0.4, -0.2) is 14.7 Å². The molecule has 0 unspecified atom stereocenters. The van der Waals surface area contributed by atoms with E-state index in [9.17, 15) is 14.0 Å². The van der Waals surface area contributed by atoms with Crippen LogP contribution in [0.1, 0.15) is 0 Å². The van der Waals surface area contributed by atoms with Gasteiger partial charge in [-0.2, -0.15) is 4.39 Å². The Hall–Kier alpha value is -2.03. The van der Waals surface area contributed by atoms with Gasteiger partial charge in [-0.05, 0) is 0 Å². The Morgan fingerprint density at radius 1 is 1.62 bits per heavy atom. The van der Waals surface area contributed by atoms with Crippen molar-refractivity contribution in [3.8, 4) is 18.2 Å². The standard InChI is InChI=1S/C7H5FN2O3/c1-2-3-10-6(12)4(8)5(11)9-7(10)13/h1,12H,3H2,(H,9,11,13). The lowest BCUT2D eigenvalue weighted by Crippen LogP contribution is -2.31. The molecule has 13 heavy (non-hydrogen) atoms. The van der Waals surface area contributed by atoms with Crippen LogP contribution in [0.25, 0.3) is 0 Å². The van der Waals surface area contributed by atoms with Gasteiger partial charge in [0, 0.05) is 0 Å². The van der Waals surface area contributed by atoms with Crippen LogP contribution in [0.3, 0.4) is 0 Å². The number of aromatic hydroxyl groups is 1. The molecule has 68 valence electrons. The summed E-state index contributed by atoms with van der Waals surface area (Å²) < 4.78 is 13.2. The Morgan fingerprint density at radius 2 is 2.23 bits per heavy atom. The van der Waals surface area contributed by atoms with Crippen LogP contribution in [0, 0.1) is 18.2 Å². The molecule has 0 amide bonds. The van der Waals surface area contributed by atoms with E-state index in [4.69, 9.17) is 11.5 Å². The molecule has 0 saturated heterocycles. The van der Waals surface area contributed by atoms with Crippen molar-refractivity contribution in [1.29, 1.82) is 0 Å². The van der Waals surface area contributed by atoms with E-state index in [1.165, 1.54) is 0 Å². The van der Waals surface area contributed by atoms with E-state index in [1.807, 2.05) is 5.92 Å². The number of hydrogen-bond donors (Lipinski definition) is 2. The molecule has 1 aromatic rings. The van der Waals surface area contributed by atoms with Crippen molar-refractivity contribution >= 4 is 0 Å². The number of nitrogens with one attached hydrogen (secondary N) is 1. The minimum Gasteiger partial charge on any atom is -0.492 e. The zero-order chi connectivity index (χ0) is 10.0. The van der Waals surface area contributed by atoms with Crippen LogP contribution in [0.5, 0.6) is 5.88 Å². The normalized spacial score (nSPS) is 9.54. The Balaban J connectivity index is 3.55. The second kappa shape index (κ2) is 3.15. The first kappa shape index (κ1) is 9.06. The SMILES string of the molecule is C#CCn1c(O)c(F)c(=O)[nH]c1=O. The number of nitrogens with zero attached hydrogens (tertiary/aromatic N) is 1. The number of terminal acetylenes is 1. The summed E-state index contributed by atoms with van der Waals surface area (Å²) >= 11 is 0. The van der Waals surface area contributed by atoms with E-state index in [1.54, 1.807) is 4.98 Å². The number of H-pyrrole nitrogens is 1. The zero-order valence-corrected chi connectivity index (χ0v) is 6.37. The Morgan fingerprint density at radius 3 is 2.77 bits per heavy atom. The first-order chi connectivity index (χ1) is 6.07. The molecule has 0 atom stereocenters. The van der Waals surface area contributed by atoms with Crippen molar-refractivity contribution in [1.82, 2.24) is 9.55 Å². The van der Waals surface area contributed by atoms with Crippen molar-refractivity contribution in [3.05, 3.63) is 26.7 Å².